The molecule has 1 rings (SSSR count). The van der Waals surface area contributed by atoms with Crippen molar-refractivity contribution >= 4 is 0 Å². The van der Waals surface area contributed by atoms with Crippen LogP contribution in [0.25, 0.3) is 0 Å². The molecule has 1 heterocycles. The van der Waals surface area contributed by atoms with E-state index < -0.39 is 0 Å². The number of aromatic nitrogens is 3. The third kappa shape index (κ3) is 3.80. The predicted octanol–water partition coefficient (Wildman–Crippen LogP) is 2.14. The number of nitrogens with one attached hydrogen (secondary N) is 1. The van der Waals surface area contributed by atoms with E-state index in [0.29, 0.717) is 17.8 Å². The molecule has 0 aliphatic rings. The Labute approximate surface area is 105 Å². The van der Waals surface area contributed by atoms with Gasteiger partial charge in [0, 0.05) is 7.05 Å². The van der Waals surface area contributed by atoms with Gasteiger partial charge in [-0.25, -0.2) is 0 Å². The molecule has 0 aliphatic heterocycles. The first-order valence-corrected chi connectivity index (χ1v) is 6.49. The van der Waals surface area contributed by atoms with E-state index in [2.05, 4.69) is 43.2 Å². The van der Waals surface area contributed by atoms with E-state index in [-0.39, 0.29) is 0 Å². The monoisotopic (exact) mass is 238 g/mol. The highest BCUT2D eigenvalue weighted by Gasteiger charge is 2.17. The zero-order valence-electron chi connectivity index (χ0n) is 12.0. The maximum Gasteiger partial charge on any atom is 0.146 e. The second kappa shape index (κ2) is 6.15. The molecule has 98 valence electrons. The highest BCUT2D eigenvalue weighted by Crippen LogP contribution is 2.19. The van der Waals surface area contributed by atoms with Crippen molar-refractivity contribution in [2.75, 3.05) is 6.54 Å². The third-order valence-electron chi connectivity index (χ3n) is 3.56. The molecule has 17 heavy (non-hydrogen) atoms. The van der Waals surface area contributed by atoms with Crippen LogP contribution in [0.15, 0.2) is 0 Å². The summed E-state index contributed by atoms with van der Waals surface area (Å²) in [6.07, 6.45) is 0. The van der Waals surface area contributed by atoms with Crippen LogP contribution in [0, 0.1) is 24.7 Å². The fourth-order valence-corrected chi connectivity index (χ4v) is 2.20. The van der Waals surface area contributed by atoms with E-state index in [1.165, 1.54) is 0 Å². The Bertz CT molecular complexity index is 333. The van der Waals surface area contributed by atoms with Crippen LogP contribution in [0.2, 0.25) is 0 Å². The third-order valence-corrected chi connectivity index (χ3v) is 3.56. The summed E-state index contributed by atoms with van der Waals surface area (Å²) in [6, 6.07) is 0. The Morgan fingerprint density at radius 1 is 1.12 bits per heavy atom. The molecule has 0 aromatic carbocycles. The highest BCUT2D eigenvalue weighted by molar-refractivity contribution is 4.92. The average molecular weight is 238 g/mol. The van der Waals surface area contributed by atoms with Gasteiger partial charge in [0.05, 0.1) is 6.54 Å². The van der Waals surface area contributed by atoms with Gasteiger partial charge in [-0.2, -0.15) is 0 Å². The predicted molar refractivity (Wildman–Crippen MR) is 70.6 cm³/mol. The zero-order chi connectivity index (χ0) is 13.0. The van der Waals surface area contributed by atoms with Crippen LogP contribution < -0.4 is 5.32 Å². The maximum atomic E-state index is 4.15. The van der Waals surface area contributed by atoms with E-state index in [1.807, 2.05) is 18.5 Å². The first-order valence-electron chi connectivity index (χ1n) is 6.49. The van der Waals surface area contributed by atoms with Crippen molar-refractivity contribution in [3.05, 3.63) is 11.6 Å². The van der Waals surface area contributed by atoms with Gasteiger partial charge in [0.2, 0.25) is 0 Å². The topological polar surface area (TPSA) is 42.7 Å². The van der Waals surface area contributed by atoms with Crippen molar-refractivity contribution in [3.8, 4) is 0 Å². The summed E-state index contributed by atoms with van der Waals surface area (Å²) >= 11 is 0. The summed E-state index contributed by atoms with van der Waals surface area (Å²) < 4.78 is 2.03. The van der Waals surface area contributed by atoms with E-state index in [4.69, 9.17) is 0 Å². The fourth-order valence-electron chi connectivity index (χ4n) is 2.20. The Hall–Kier alpha value is -0.900. The van der Waals surface area contributed by atoms with Crippen molar-refractivity contribution in [2.45, 2.75) is 41.2 Å². The molecule has 0 saturated carbocycles. The highest BCUT2D eigenvalue weighted by atomic mass is 15.3. The van der Waals surface area contributed by atoms with Gasteiger partial charge in [-0.05, 0) is 31.2 Å². The summed E-state index contributed by atoms with van der Waals surface area (Å²) in [6.45, 7) is 13.0. The quantitative estimate of drug-likeness (QED) is 0.825. The maximum absolute atomic E-state index is 4.15. The number of rotatable bonds is 6. The van der Waals surface area contributed by atoms with Crippen LogP contribution in [0.4, 0.5) is 0 Å². The molecule has 0 saturated heterocycles. The fraction of sp³-hybridized carbons (Fsp3) is 0.846. The summed E-state index contributed by atoms with van der Waals surface area (Å²) in [4.78, 5) is 0. The van der Waals surface area contributed by atoms with Gasteiger partial charge in [0.1, 0.15) is 11.6 Å². The van der Waals surface area contributed by atoms with Crippen LogP contribution in [0.5, 0.6) is 0 Å². The first-order chi connectivity index (χ1) is 7.93. The van der Waals surface area contributed by atoms with E-state index >= 15 is 0 Å². The molecule has 1 aromatic rings. The van der Waals surface area contributed by atoms with Gasteiger partial charge in [-0.15, -0.1) is 10.2 Å². The minimum absolute atomic E-state index is 0.712. The molecule has 1 aromatic heterocycles. The van der Waals surface area contributed by atoms with Gasteiger partial charge in [0.15, 0.2) is 0 Å². The molecule has 0 bridgehead atoms. The molecule has 0 fully saturated rings. The van der Waals surface area contributed by atoms with Gasteiger partial charge < -0.3 is 9.88 Å². The summed E-state index contributed by atoms with van der Waals surface area (Å²) in [7, 11) is 2.01. The van der Waals surface area contributed by atoms with Crippen LogP contribution in [0.3, 0.4) is 0 Å². The van der Waals surface area contributed by atoms with Gasteiger partial charge in [-0.1, -0.05) is 27.7 Å². The van der Waals surface area contributed by atoms with Crippen LogP contribution in [-0.2, 0) is 13.6 Å². The second-order valence-corrected chi connectivity index (χ2v) is 5.51. The molecule has 0 atom stereocenters. The Balaban J connectivity index is 2.44. The molecule has 0 aliphatic carbocycles. The molecular formula is C13H26N4. The van der Waals surface area contributed by atoms with Crippen LogP contribution >= 0.6 is 0 Å². The first kappa shape index (κ1) is 14.2. The van der Waals surface area contributed by atoms with Gasteiger partial charge in [0.25, 0.3) is 0 Å². The summed E-state index contributed by atoms with van der Waals surface area (Å²) in [5, 5.41) is 11.7. The molecule has 0 amide bonds. The van der Waals surface area contributed by atoms with Crippen LogP contribution in [0.1, 0.15) is 39.3 Å². The molecule has 4 nitrogen and oxygen atoms in total. The molecule has 0 unspecified atom stereocenters. The van der Waals surface area contributed by atoms with E-state index in [9.17, 15) is 0 Å². The SMILES string of the molecule is Cc1nnc(CNCC(C(C)C)C(C)C)n1C. The minimum Gasteiger partial charge on any atom is -0.317 e. The number of hydrogen-bond acceptors (Lipinski definition) is 3. The summed E-state index contributed by atoms with van der Waals surface area (Å²) in [5.41, 5.74) is 0. The average Bonchev–Trinajstić information content (AvgIpc) is 2.54. The molecule has 4 heteroatoms. The number of nitrogens with zero attached hydrogens (tertiary/aromatic N) is 3. The van der Waals surface area contributed by atoms with Crippen molar-refractivity contribution in [3.63, 3.8) is 0 Å². The van der Waals surface area contributed by atoms with E-state index in [1.54, 1.807) is 0 Å². The lowest BCUT2D eigenvalue weighted by Crippen LogP contribution is -2.30. The van der Waals surface area contributed by atoms with Crippen molar-refractivity contribution in [2.24, 2.45) is 24.8 Å². The molecule has 0 spiro atoms. The molecule has 1 N–H and O–H groups in total. The normalized spacial score (nSPS) is 12.1. The van der Waals surface area contributed by atoms with Gasteiger partial charge >= 0.3 is 0 Å². The Morgan fingerprint density at radius 2 is 1.71 bits per heavy atom. The second-order valence-electron chi connectivity index (χ2n) is 5.51. The Morgan fingerprint density at radius 3 is 2.12 bits per heavy atom. The standard InChI is InChI=1S/C13H26N4/c1-9(2)12(10(3)4)7-14-8-13-16-15-11(5)17(13)6/h9-10,12,14H,7-8H2,1-6H3. The lowest BCUT2D eigenvalue weighted by molar-refractivity contribution is 0.274. The molecular weight excluding hydrogens is 212 g/mol. The molecule has 0 radical (unpaired) electrons. The van der Waals surface area contributed by atoms with E-state index in [0.717, 1.165) is 24.7 Å². The van der Waals surface area contributed by atoms with Gasteiger partial charge in [-0.3, -0.25) is 0 Å². The lowest BCUT2D eigenvalue weighted by Gasteiger charge is -2.25. The van der Waals surface area contributed by atoms with Crippen LogP contribution in [-0.4, -0.2) is 21.3 Å². The van der Waals surface area contributed by atoms with Crippen molar-refractivity contribution in [1.29, 1.82) is 0 Å². The van der Waals surface area contributed by atoms with Crippen molar-refractivity contribution < 1.29 is 0 Å². The Kier molecular flexibility index (Phi) is 5.12. The largest absolute Gasteiger partial charge is 0.317 e. The smallest absolute Gasteiger partial charge is 0.146 e. The lowest BCUT2D eigenvalue weighted by atomic mass is 9.85. The zero-order valence-corrected chi connectivity index (χ0v) is 12.0. The number of hydrogen-bond donors (Lipinski definition) is 1. The summed E-state index contributed by atoms with van der Waals surface area (Å²) in [5.74, 6) is 4.11. The van der Waals surface area contributed by atoms with Crippen molar-refractivity contribution in [1.82, 2.24) is 20.1 Å². The minimum atomic E-state index is 0.712. The number of aryl methyl sites for hydroxylation is 1.